The van der Waals surface area contributed by atoms with Gasteiger partial charge in [-0.3, -0.25) is 0 Å². The molecule has 0 atom stereocenters. The van der Waals surface area contributed by atoms with Crippen molar-refractivity contribution in [2.24, 2.45) is 0 Å². The molecule has 0 fully saturated rings. The molecule has 0 bridgehead atoms. The summed E-state index contributed by atoms with van der Waals surface area (Å²) in [6.45, 7) is 9.92. The molecule has 10 heavy (non-hydrogen) atoms. The zero-order valence-electron chi connectivity index (χ0n) is 7.48. The minimum absolute atomic E-state index is 0.866. The lowest BCUT2D eigenvalue weighted by molar-refractivity contribution is 0.267. The highest BCUT2D eigenvalue weighted by Gasteiger charge is 2.11. The van der Waals surface area contributed by atoms with Crippen LogP contribution in [0.15, 0.2) is 12.3 Å². The maximum Gasteiger partial charge on any atom is 0.0849 e. The molecule has 0 aliphatic carbocycles. The van der Waals surface area contributed by atoms with Crippen LogP contribution in [0.4, 0.5) is 0 Å². The van der Waals surface area contributed by atoms with E-state index in [1.54, 1.807) is 6.26 Å². The highest BCUT2D eigenvalue weighted by molar-refractivity contribution is 6.76. The quantitative estimate of drug-likeness (QED) is 0.347. The predicted molar refractivity (Wildman–Crippen MR) is 48.9 cm³/mol. The van der Waals surface area contributed by atoms with Crippen LogP contribution < -0.4 is 0 Å². The van der Waals surface area contributed by atoms with Gasteiger partial charge in [-0.15, -0.1) is 0 Å². The monoisotopic (exact) mass is 158 g/mol. The van der Waals surface area contributed by atoms with Gasteiger partial charge in [0.2, 0.25) is 0 Å². The average Bonchev–Trinajstić information content (AvgIpc) is 1.78. The van der Waals surface area contributed by atoms with E-state index in [0.29, 0.717) is 0 Å². The summed E-state index contributed by atoms with van der Waals surface area (Å²) in [6.07, 6.45) is 3.68. The van der Waals surface area contributed by atoms with Crippen LogP contribution >= 0.6 is 0 Å². The molecule has 0 saturated carbocycles. The van der Waals surface area contributed by atoms with Gasteiger partial charge in [0.1, 0.15) is 0 Å². The van der Waals surface area contributed by atoms with Gasteiger partial charge in [0, 0.05) is 8.07 Å². The third kappa shape index (κ3) is 7.76. The average molecular weight is 158 g/mol. The Labute approximate surface area is 65.1 Å². The Balaban J connectivity index is 3.20. The first-order chi connectivity index (χ1) is 4.56. The van der Waals surface area contributed by atoms with E-state index in [4.69, 9.17) is 4.74 Å². The van der Waals surface area contributed by atoms with Gasteiger partial charge < -0.3 is 4.74 Å². The molecule has 2 heteroatoms. The van der Waals surface area contributed by atoms with Gasteiger partial charge in [-0.1, -0.05) is 25.7 Å². The van der Waals surface area contributed by atoms with Gasteiger partial charge in [0.05, 0.1) is 12.9 Å². The molecular weight excluding hydrogens is 140 g/mol. The number of allylic oxidation sites excluding steroid dienone is 1. The topological polar surface area (TPSA) is 9.23 Å². The number of hydrogen-bond acceptors (Lipinski definition) is 1. The smallest absolute Gasteiger partial charge is 0.0849 e. The van der Waals surface area contributed by atoms with Crippen LogP contribution in [0, 0.1) is 0 Å². The van der Waals surface area contributed by atoms with Crippen molar-refractivity contribution in [2.45, 2.75) is 32.6 Å². The minimum Gasteiger partial charge on any atom is -0.502 e. The van der Waals surface area contributed by atoms with Crippen molar-refractivity contribution in [1.82, 2.24) is 0 Å². The molecule has 0 unspecified atom stereocenters. The lowest BCUT2D eigenvalue weighted by Crippen LogP contribution is -2.20. The van der Waals surface area contributed by atoms with Crippen LogP contribution in [0.2, 0.25) is 25.7 Å². The molecule has 0 aliphatic heterocycles. The fourth-order valence-electron chi connectivity index (χ4n) is 0.529. The van der Waals surface area contributed by atoms with Crippen LogP contribution in [0.3, 0.4) is 0 Å². The Morgan fingerprint density at radius 3 is 2.30 bits per heavy atom. The standard InChI is InChI=1S/C8H18OSi/c1-5-6-9-7-8-10(2,3)4/h5-6H,7-8H2,1-4H3. The summed E-state index contributed by atoms with van der Waals surface area (Å²) in [4.78, 5) is 0. The van der Waals surface area contributed by atoms with Crippen LogP contribution in [0.5, 0.6) is 0 Å². The molecule has 0 saturated heterocycles. The molecule has 1 nitrogen and oxygen atoms in total. The van der Waals surface area contributed by atoms with E-state index in [1.165, 1.54) is 6.04 Å². The van der Waals surface area contributed by atoms with Crippen molar-refractivity contribution >= 4 is 8.07 Å². The second kappa shape index (κ2) is 4.55. The molecule has 0 N–H and O–H groups in total. The molecular formula is C8H18OSi. The summed E-state index contributed by atoms with van der Waals surface area (Å²) >= 11 is 0. The second-order valence-electron chi connectivity index (χ2n) is 3.65. The molecule has 0 aromatic heterocycles. The summed E-state index contributed by atoms with van der Waals surface area (Å²) in [5.41, 5.74) is 0. The predicted octanol–water partition coefficient (Wildman–Crippen LogP) is 2.87. The fourth-order valence-corrected chi connectivity index (χ4v) is 1.26. The molecule has 0 heterocycles. The third-order valence-electron chi connectivity index (χ3n) is 1.20. The third-order valence-corrected chi connectivity index (χ3v) is 2.91. The highest BCUT2D eigenvalue weighted by Crippen LogP contribution is 2.07. The fraction of sp³-hybridized carbons (Fsp3) is 0.750. The van der Waals surface area contributed by atoms with Gasteiger partial charge in [-0.25, -0.2) is 0 Å². The van der Waals surface area contributed by atoms with E-state index in [9.17, 15) is 0 Å². The van der Waals surface area contributed by atoms with E-state index in [-0.39, 0.29) is 0 Å². The van der Waals surface area contributed by atoms with Crippen molar-refractivity contribution < 1.29 is 4.74 Å². The summed E-state index contributed by atoms with van der Waals surface area (Å²) in [7, 11) is -0.866. The second-order valence-corrected chi connectivity index (χ2v) is 9.27. The lowest BCUT2D eigenvalue weighted by Gasteiger charge is -2.14. The van der Waals surface area contributed by atoms with Gasteiger partial charge >= 0.3 is 0 Å². The van der Waals surface area contributed by atoms with Gasteiger partial charge in [-0.2, -0.15) is 0 Å². The van der Waals surface area contributed by atoms with Gasteiger partial charge in [0.25, 0.3) is 0 Å². The Bertz CT molecular complexity index is 102. The van der Waals surface area contributed by atoms with Crippen molar-refractivity contribution in [3.05, 3.63) is 12.3 Å². The Kier molecular flexibility index (Phi) is 4.44. The maximum atomic E-state index is 5.21. The molecule has 0 aromatic carbocycles. The number of hydrogen-bond donors (Lipinski definition) is 0. The zero-order valence-corrected chi connectivity index (χ0v) is 8.48. The summed E-state index contributed by atoms with van der Waals surface area (Å²) in [6, 6.07) is 1.25. The summed E-state index contributed by atoms with van der Waals surface area (Å²) < 4.78 is 5.21. The van der Waals surface area contributed by atoms with Gasteiger partial charge in [0.15, 0.2) is 0 Å². The van der Waals surface area contributed by atoms with Crippen molar-refractivity contribution in [3.63, 3.8) is 0 Å². The Hall–Kier alpha value is -0.243. The normalized spacial score (nSPS) is 12.4. The van der Waals surface area contributed by atoms with E-state index in [1.807, 2.05) is 13.0 Å². The maximum absolute atomic E-state index is 5.21. The van der Waals surface area contributed by atoms with Crippen LogP contribution in [0.25, 0.3) is 0 Å². The SMILES string of the molecule is CC=COCC[Si](C)(C)C. The minimum atomic E-state index is -0.866. The molecule has 0 amide bonds. The van der Waals surface area contributed by atoms with Crippen molar-refractivity contribution in [3.8, 4) is 0 Å². The van der Waals surface area contributed by atoms with Crippen LogP contribution in [-0.2, 0) is 4.74 Å². The van der Waals surface area contributed by atoms with E-state index < -0.39 is 8.07 Å². The van der Waals surface area contributed by atoms with E-state index in [2.05, 4.69) is 19.6 Å². The molecule has 0 aliphatic rings. The summed E-state index contributed by atoms with van der Waals surface area (Å²) in [5, 5.41) is 0. The molecule has 0 aromatic rings. The van der Waals surface area contributed by atoms with Crippen molar-refractivity contribution in [1.29, 1.82) is 0 Å². The molecule has 0 rings (SSSR count). The van der Waals surface area contributed by atoms with Crippen LogP contribution in [-0.4, -0.2) is 14.7 Å². The molecule has 0 radical (unpaired) electrons. The Morgan fingerprint density at radius 1 is 1.30 bits per heavy atom. The molecule has 0 spiro atoms. The van der Waals surface area contributed by atoms with Crippen LogP contribution in [0.1, 0.15) is 6.92 Å². The van der Waals surface area contributed by atoms with E-state index in [0.717, 1.165) is 6.61 Å². The largest absolute Gasteiger partial charge is 0.502 e. The number of ether oxygens (including phenoxy) is 1. The number of rotatable bonds is 4. The summed E-state index contributed by atoms with van der Waals surface area (Å²) in [5.74, 6) is 0. The highest BCUT2D eigenvalue weighted by atomic mass is 28.3. The molecule has 60 valence electrons. The van der Waals surface area contributed by atoms with E-state index >= 15 is 0 Å². The first-order valence-corrected chi connectivity index (χ1v) is 7.50. The van der Waals surface area contributed by atoms with Crippen molar-refractivity contribution in [2.75, 3.05) is 6.61 Å². The lowest BCUT2D eigenvalue weighted by atomic mass is 10.7. The Morgan fingerprint density at radius 2 is 1.90 bits per heavy atom. The van der Waals surface area contributed by atoms with Gasteiger partial charge in [-0.05, 0) is 13.0 Å². The zero-order chi connectivity index (χ0) is 8.04. The first-order valence-electron chi connectivity index (χ1n) is 3.79. The first kappa shape index (κ1) is 9.76.